The molecule has 0 radical (unpaired) electrons. The number of nitrogens with one attached hydrogen (secondary N) is 1. The summed E-state index contributed by atoms with van der Waals surface area (Å²) in [5.41, 5.74) is 4.03. The molecule has 108 valence electrons. The molecule has 2 aromatic carbocycles. The highest BCUT2D eigenvalue weighted by Crippen LogP contribution is 2.37. The average Bonchev–Trinajstić information content (AvgIpc) is 3.06. The van der Waals surface area contributed by atoms with Crippen molar-refractivity contribution in [2.45, 2.75) is 23.8 Å². The van der Waals surface area contributed by atoms with Crippen molar-refractivity contribution >= 4 is 11.6 Å². The van der Waals surface area contributed by atoms with Crippen LogP contribution >= 0.6 is 11.6 Å². The average molecular weight is 300 g/mol. The molecule has 3 unspecified atom stereocenters. The number of rotatable bonds is 3. The first-order valence-electron chi connectivity index (χ1n) is 7.50. The van der Waals surface area contributed by atoms with Gasteiger partial charge in [0.05, 0.1) is 12.0 Å². The summed E-state index contributed by atoms with van der Waals surface area (Å²) >= 11 is 6.54. The van der Waals surface area contributed by atoms with Crippen LogP contribution in [0.1, 0.15) is 28.7 Å². The summed E-state index contributed by atoms with van der Waals surface area (Å²) in [4.78, 5) is 0. The minimum Gasteiger partial charge on any atom is -0.493 e. The van der Waals surface area contributed by atoms with Crippen LogP contribution in [0.25, 0.3) is 0 Å². The summed E-state index contributed by atoms with van der Waals surface area (Å²) < 4.78 is 5.75. The highest BCUT2D eigenvalue weighted by molar-refractivity contribution is 6.21. The van der Waals surface area contributed by atoms with E-state index in [1.807, 2.05) is 12.1 Å². The first-order valence-corrected chi connectivity index (χ1v) is 7.93. The van der Waals surface area contributed by atoms with Crippen LogP contribution in [0.15, 0.2) is 48.5 Å². The Morgan fingerprint density at radius 1 is 1.05 bits per heavy atom. The number of alkyl halides is 1. The van der Waals surface area contributed by atoms with Crippen LogP contribution < -0.4 is 10.1 Å². The second-order valence-electron chi connectivity index (χ2n) is 5.85. The molecule has 0 saturated carbocycles. The second-order valence-corrected chi connectivity index (χ2v) is 6.41. The lowest BCUT2D eigenvalue weighted by molar-refractivity contribution is 0.322. The fourth-order valence-electron chi connectivity index (χ4n) is 3.45. The van der Waals surface area contributed by atoms with Crippen molar-refractivity contribution in [2.75, 3.05) is 13.2 Å². The van der Waals surface area contributed by atoms with E-state index in [-0.39, 0.29) is 11.4 Å². The van der Waals surface area contributed by atoms with Gasteiger partial charge < -0.3 is 10.1 Å². The minimum atomic E-state index is 0.139. The number of halogens is 1. The molecule has 4 rings (SSSR count). The van der Waals surface area contributed by atoms with Gasteiger partial charge in [0.2, 0.25) is 0 Å². The normalized spacial score (nSPS) is 26.2. The topological polar surface area (TPSA) is 21.3 Å². The van der Waals surface area contributed by atoms with Gasteiger partial charge in [-0.2, -0.15) is 0 Å². The zero-order valence-corrected chi connectivity index (χ0v) is 12.5. The van der Waals surface area contributed by atoms with Gasteiger partial charge in [0.15, 0.2) is 0 Å². The van der Waals surface area contributed by atoms with E-state index in [4.69, 9.17) is 16.3 Å². The van der Waals surface area contributed by atoms with Crippen LogP contribution in [0.2, 0.25) is 0 Å². The van der Waals surface area contributed by atoms with Gasteiger partial charge in [-0.25, -0.2) is 0 Å². The summed E-state index contributed by atoms with van der Waals surface area (Å²) in [6, 6.07) is 17.1. The van der Waals surface area contributed by atoms with Crippen LogP contribution in [-0.2, 0) is 6.42 Å². The van der Waals surface area contributed by atoms with E-state index in [0.29, 0.717) is 5.92 Å². The molecule has 0 aromatic heterocycles. The predicted octanol–water partition coefficient (Wildman–Crippen LogP) is 3.66. The van der Waals surface area contributed by atoms with E-state index in [1.54, 1.807) is 0 Å². The molecule has 2 aromatic rings. The van der Waals surface area contributed by atoms with E-state index in [9.17, 15) is 0 Å². The van der Waals surface area contributed by atoms with E-state index >= 15 is 0 Å². The van der Waals surface area contributed by atoms with Crippen molar-refractivity contribution in [1.29, 1.82) is 0 Å². The Labute approximate surface area is 130 Å². The molecule has 3 heteroatoms. The molecular formula is C18H18ClNO. The summed E-state index contributed by atoms with van der Waals surface area (Å²) in [5, 5.41) is 3.80. The third-order valence-electron chi connectivity index (χ3n) is 4.55. The Morgan fingerprint density at radius 2 is 1.81 bits per heavy atom. The minimum absolute atomic E-state index is 0.139. The Morgan fingerprint density at radius 3 is 2.71 bits per heavy atom. The molecular weight excluding hydrogens is 282 g/mol. The Kier molecular flexibility index (Phi) is 3.36. The van der Waals surface area contributed by atoms with Crippen LogP contribution in [0.4, 0.5) is 0 Å². The monoisotopic (exact) mass is 299 g/mol. The van der Waals surface area contributed by atoms with E-state index < -0.39 is 0 Å². The zero-order valence-electron chi connectivity index (χ0n) is 11.8. The number of fused-ring (bicyclic) bond motifs is 2. The Balaban J connectivity index is 1.49. The van der Waals surface area contributed by atoms with Crippen LogP contribution in [0.3, 0.4) is 0 Å². The quantitative estimate of drug-likeness (QED) is 0.874. The SMILES string of the molecule is ClC1Cc2ccccc2C1NCC1COc2ccccc21. The fraction of sp³-hybridized carbons (Fsp3) is 0.333. The molecule has 0 fully saturated rings. The van der Waals surface area contributed by atoms with Crippen molar-refractivity contribution in [3.05, 3.63) is 65.2 Å². The van der Waals surface area contributed by atoms with Crippen LogP contribution in [0, 0.1) is 0 Å². The molecule has 1 aliphatic carbocycles. The third-order valence-corrected chi connectivity index (χ3v) is 4.96. The largest absolute Gasteiger partial charge is 0.493 e. The van der Waals surface area contributed by atoms with Gasteiger partial charge in [0, 0.05) is 24.1 Å². The molecule has 21 heavy (non-hydrogen) atoms. The molecule has 0 amide bonds. The van der Waals surface area contributed by atoms with Crippen molar-refractivity contribution in [3.63, 3.8) is 0 Å². The number of hydrogen-bond acceptors (Lipinski definition) is 2. The number of para-hydroxylation sites is 1. The van der Waals surface area contributed by atoms with Gasteiger partial charge >= 0.3 is 0 Å². The maximum absolute atomic E-state index is 6.54. The van der Waals surface area contributed by atoms with Gasteiger partial charge in [-0.1, -0.05) is 42.5 Å². The molecule has 1 N–H and O–H groups in total. The number of hydrogen-bond donors (Lipinski definition) is 1. The molecule has 3 atom stereocenters. The van der Waals surface area contributed by atoms with E-state index in [2.05, 4.69) is 41.7 Å². The standard InChI is InChI=1S/C18H18ClNO/c19-16-9-12-5-1-2-7-15(12)18(16)20-10-13-11-21-17-8-4-3-6-14(13)17/h1-8,13,16,18,20H,9-11H2. The van der Waals surface area contributed by atoms with Crippen LogP contribution in [-0.4, -0.2) is 18.5 Å². The van der Waals surface area contributed by atoms with Gasteiger partial charge in [-0.15, -0.1) is 11.6 Å². The summed E-state index contributed by atoms with van der Waals surface area (Å²) in [5.74, 6) is 1.44. The highest BCUT2D eigenvalue weighted by Gasteiger charge is 2.32. The molecule has 2 aliphatic rings. The number of benzene rings is 2. The zero-order chi connectivity index (χ0) is 14.2. The van der Waals surface area contributed by atoms with Crippen molar-refractivity contribution in [1.82, 2.24) is 5.32 Å². The lowest BCUT2D eigenvalue weighted by Gasteiger charge is -2.20. The Hall–Kier alpha value is -1.51. The number of ether oxygens (including phenoxy) is 1. The van der Waals surface area contributed by atoms with Gasteiger partial charge in [-0.3, -0.25) is 0 Å². The van der Waals surface area contributed by atoms with Gasteiger partial charge in [-0.05, 0) is 23.6 Å². The summed E-state index contributed by atoms with van der Waals surface area (Å²) in [7, 11) is 0. The Bertz CT molecular complexity index is 657. The van der Waals surface area contributed by atoms with Crippen molar-refractivity contribution in [3.8, 4) is 5.75 Å². The molecule has 1 heterocycles. The first kappa shape index (κ1) is 13.2. The maximum Gasteiger partial charge on any atom is 0.122 e. The summed E-state index contributed by atoms with van der Waals surface area (Å²) in [6.07, 6.45) is 0.952. The van der Waals surface area contributed by atoms with Crippen molar-refractivity contribution < 1.29 is 4.74 Å². The molecule has 2 nitrogen and oxygen atoms in total. The molecule has 1 aliphatic heterocycles. The lowest BCUT2D eigenvalue weighted by atomic mass is 10.0. The van der Waals surface area contributed by atoms with Gasteiger partial charge in [0.25, 0.3) is 0 Å². The molecule has 0 saturated heterocycles. The molecule has 0 spiro atoms. The van der Waals surface area contributed by atoms with Crippen molar-refractivity contribution in [2.24, 2.45) is 0 Å². The van der Waals surface area contributed by atoms with Gasteiger partial charge in [0.1, 0.15) is 5.75 Å². The smallest absolute Gasteiger partial charge is 0.122 e. The highest BCUT2D eigenvalue weighted by atomic mass is 35.5. The second kappa shape index (κ2) is 5.36. The predicted molar refractivity (Wildman–Crippen MR) is 85.2 cm³/mol. The van der Waals surface area contributed by atoms with E-state index in [1.165, 1.54) is 16.7 Å². The maximum atomic E-state index is 6.54. The summed E-state index contributed by atoms with van der Waals surface area (Å²) in [6.45, 7) is 1.66. The fourth-order valence-corrected chi connectivity index (χ4v) is 3.84. The third kappa shape index (κ3) is 2.33. The molecule has 0 bridgehead atoms. The van der Waals surface area contributed by atoms with E-state index in [0.717, 1.165) is 25.3 Å². The first-order chi connectivity index (χ1) is 10.3. The lowest BCUT2D eigenvalue weighted by Crippen LogP contribution is -2.30. The van der Waals surface area contributed by atoms with Crippen LogP contribution in [0.5, 0.6) is 5.75 Å².